The smallest absolute Gasteiger partial charge is 0.410 e. The highest BCUT2D eigenvalue weighted by Gasteiger charge is 2.13. The quantitative estimate of drug-likeness (QED) is 0.683. The first-order valence-corrected chi connectivity index (χ1v) is 6.23. The number of nitrogens with one attached hydrogen (secondary N) is 1. The molecule has 0 fully saturated rings. The fourth-order valence-corrected chi connectivity index (χ4v) is 2.16. The molecule has 3 rings (SSSR count). The largest absolute Gasteiger partial charge is 0.465 e. The third-order valence-electron chi connectivity index (χ3n) is 3.01. The van der Waals surface area contributed by atoms with Gasteiger partial charge < -0.3 is 10.2 Å². The van der Waals surface area contributed by atoms with E-state index >= 15 is 0 Å². The lowest BCUT2D eigenvalue weighted by molar-refractivity contribution is 0.209. The lowest BCUT2D eigenvalue weighted by atomic mass is 10.2. The summed E-state index contributed by atoms with van der Waals surface area (Å²) in [7, 11) is 0. The molecule has 1 aromatic carbocycles. The summed E-state index contributed by atoms with van der Waals surface area (Å²) >= 11 is 0. The molecule has 3 N–H and O–H groups in total. The van der Waals surface area contributed by atoms with Crippen molar-refractivity contribution in [2.24, 2.45) is 0 Å². The van der Waals surface area contributed by atoms with Gasteiger partial charge in [0, 0.05) is 17.6 Å². The average molecular weight is 284 g/mol. The molecule has 0 aliphatic rings. The molecule has 0 bridgehead atoms. The Morgan fingerprint density at radius 3 is 2.90 bits per heavy atom. The third kappa shape index (κ3) is 2.41. The molecule has 7 heteroatoms. The minimum Gasteiger partial charge on any atom is -0.465 e. The predicted molar refractivity (Wildman–Crippen MR) is 76.4 cm³/mol. The second-order valence-corrected chi connectivity index (χ2v) is 4.37. The van der Waals surface area contributed by atoms with Gasteiger partial charge in [0.25, 0.3) is 0 Å². The number of aromatic nitrogens is 3. The second kappa shape index (κ2) is 5.22. The van der Waals surface area contributed by atoms with Crippen molar-refractivity contribution < 1.29 is 15.0 Å². The van der Waals surface area contributed by atoms with Gasteiger partial charge >= 0.3 is 6.09 Å². The second-order valence-electron chi connectivity index (χ2n) is 4.37. The van der Waals surface area contributed by atoms with Crippen LogP contribution in [0.4, 0.5) is 10.6 Å². The first-order chi connectivity index (χ1) is 10.2. The van der Waals surface area contributed by atoms with Crippen molar-refractivity contribution in [1.82, 2.24) is 14.8 Å². The monoisotopic (exact) mass is 284 g/mol. The molecule has 1 amide bonds. The van der Waals surface area contributed by atoms with Crippen LogP contribution in [0, 0.1) is 0 Å². The van der Waals surface area contributed by atoms with Crippen LogP contribution in [-0.2, 0) is 6.61 Å². The van der Waals surface area contributed by atoms with Gasteiger partial charge in [-0.2, -0.15) is 5.10 Å². The normalized spacial score (nSPS) is 10.7. The highest BCUT2D eigenvalue weighted by atomic mass is 16.4. The Morgan fingerprint density at radius 2 is 2.14 bits per heavy atom. The molecular formula is C14H12N4O3. The molecule has 0 aliphatic carbocycles. The molecule has 3 aromatic rings. The van der Waals surface area contributed by atoms with Gasteiger partial charge in [0.05, 0.1) is 23.5 Å². The number of hydrogen-bond donors (Lipinski definition) is 3. The van der Waals surface area contributed by atoms with Gasteiger partial charge in [-0.1, -0.05) is 6.07 Å². The molecule has 2 aromatic heterocycles. The maximum absolute atomic E-state index is 10.9. The number of amides is 1. The van der Waals surface area contributed by atoms with Gasteiger partial charge in [-0.15, -0.1) is 0 Å². The summed E-state index contributed by atoms with van der Waals surface area (Å²) in [6.07, 6.45) is 0.490. The summed E-state index contributed by atoms with van der Waals surface area (Å²) in [6.45, 7) is -0.273. The van der Waals surface area contributed by atoms with Gasteiger partial charge in [-0.05, 0) is 24.3 Å². The van der Waals surface area contributed by atoms with E-state index in [1.165, 1.54) is 10.7 Å². The predicted octanol–water partition coefficient (Wildman–Crippen LogP) is 2.00. The first kappa shape index (κ1) is 13.1. The summed E-state index contributed by atoms with van der Waals surface area (Å²) in [4.78, 5) is 15.1. The summed E-state index contributed by atoms with van der Waals surface area (Å²) in [5.41, 5.74) is 1.83. The highest BCUT2D eigenvalue weighted by molar-refractivity contribution is 5.89. The lowest BCUT2D eigenvalue weighted by Crippen LogP contribution is -2.12. The SMILES string of the molecule is O=C(O)Nc1cc(CO)nn1-c1cccc2ncccc12. The van der Waals surface area contributed by atoms with Crippen LogP contribution in [0.3, 0.4) is 0 Å². The number of aliphatic hydroxyl groups excluding tert-OH is 1. The van der Waals surface area contributed by atoms with Crippen molar-refractivity contribution in [3.8, 4) is 5.69 Å². The molecule has 0 spiro atoms. The number of carboxylic acid groups (broad SMARTS) is 1. The van der Waals surface area contributed by atoms with E-state index in [1.54, 1.807) is 12.3 Å². The minimum atomic E-state index is -1.20. The van der Waals surface area contributed by atoms with Crippen molar-refractivity contribution >= 4 is 22.8 Å². The van der Waals surface area contributed by atoms with Crippen LogP contribution in [0.15, 0.2) is 42.6 Å². The first-order valence-electron chi connectivity index (χ1n) is 6.23. The van der Waals surface area contributed by atoms with Gasteiger partial charge in [0.15, 0.2) is 0 Å². The summed E-state index contributed by atoms with van der Waals surface area (Å²) < 4.78 is 1.45. The molecule has 2 heterocycles. The zero-order valence-corrected chi connectivity index (χ0v) is 10.9. The Kier molecular flexibility index (Phi) is 3.25. The molecule has 7 nitrogen and oxygen atoms in total. The zero-order chi connectivity index (χ0) is 14.8. The highest BCUT2D eigenvalue weighted by Crippen LogP contribution is 2.24. The van der Waals surface area contributed by atoms with Crippen LogP contribution in [0.25, 0.3) is 16.6 Å². The van der Waals surface area contributed by atoms with Crippen molar-refractivity contribution in [3.63, 3.8) is 0 Å². The summed E-state index contributed by atoms with van der Waals surface area (Å²) in [5.74, 6) is 0.267. The fraction of sp³-hybridized carbons (Fsp3) is 0.0714. The zero-order valence-electron chi connectivity index (χ0n) is 10.9. The number of fused-ring (bicyclic) bond motifs is 1. The van der Waals surface area contributed by atoms with E-state index in [0.717, 1.165) is 10.9 Å². The Morgan fingerprint density at radius 1 is 1.29 bits per heavy atom. The van der Waals surface area contributed by atoms with E-state index in [-0.39, 0.29) is 12.4 Å². The van der Waals surface area contributed by atoms with E-state index in [9.17, 15) is 9.90 Å². The number of carbonyl (C=O) groups is 1. The number of anilines is 1. The number of nitrogens with zero attached hydrogens (tertiary/aromatic N) is 3. The molecular weight excluding hydrogens is 272 g/mol. The molecule has 0 saturated heterocycles. The van der Waals surface area contributed by atoms with E-state index in [4.69, 9.17) is 5.11 Å². The van der Waals surface area contributed by atoms with Gasteiger partial charge in [0.1, 0.15) is 5.82 Å². The molecule has 0 atom stereocenters. The Balaban J connectivity index is 2.22. The topological polar surface area (TPSA) is 100 Å². The van der Waals surface area contributed by atoms with E-state index in [2.05, 4.69) is 15.4 Å². The van der Waals surface area contributed by atoms with E-state index < -0.39 is 6.09 Å². The number of benzene rings is 1. The van der Waals surface area contributed by atoms with Gasteiger partial charge in [-0.25, -0.2) is 9.48 Å². The summed E-state index contributed by atoms with van der Waals surface area (Å²) in [5, 5.41) is 25.4. The van der Waals surface area contributed by atoms with Crippen molar-refractivity contribution in [2.75, 3.05) is 5.32 Å². The molecule has 21 heavy (non-hydrogen) atoms. The van der Waals surface area contributed by atoms with Crippen molar-refractivity contribution in [2.45, 2.75) is 6.61 Å². The maximum Gasteiger partial charge on any atom is 0.410 e. The van der Waals surface area contributed by atoms with Crippen molar-refractivity contribution in [3.05, 3.63) is 48.3 Å². The minimum absolute atomic E-state index is 0.267. The third-order valence-corrected chi connectivity index (χ3v) is 3.01. The maximum atomic E-state index is 10.9. The van der Waals surface area contributed by atoms with Crippen LogP contribution < -0.4 is 5.32 Å². The Bertz CT molecular complexity index is 808. The summed E-state index contributed by atoms with van der Waals surface area (Å²) in [6, 6.07) is 10.7. The molecule has 106 valence electrons. The lowest BCUT2D eigenvalue weighted by Gasteiger charge is -2.09. The van der Waals surface area contributed by atoms with Crippen molar-refractivity contribution in [1.29, 1.82) is 0 Å². The van der Waals surface area contributed by atoms with Gasteiger partial charge in [0.2, 0.25) is 0 Å². The average Bonchev–Trinajstić information content (AvgIpc) is 2.88. The standard InChI is InChI=1S/C14H12N4O3/c19-8-9-7-13(16-14(20)21)18(17-9)12-5-1-4-11-10(12)3-2-6-15-11/h1-7,16,19H,8H2,(H,20,21). The van der Waals surface area contributed by atoms with Crippen LogP contribution >= 0.6 is 0 Å². The van der Waals surface area contributed by atoms with E-state index in [0.29, 0.717) is 11.4 Å². The number of rotatable bonds is 3. The molecule has 0 radical (unpaired) electrons. The number of pyridine rings is 1. The van der Waals surface area contributed by atoms with E-state index in [1.807, 2.05) is 24.3 Å². The van der Waals surface area contributed by atoms with Gasteiger partial charge in [-0.3, -0.25) is 10.3 Å². The molecule has 0 unspecified atom stereocenters. The molecule has 0 saturated carbocycles. The van der Waals surface area contributed by atoms with Crippen LogP contribution in [0.1, 0.15) is 5.69 Å². The Labute approximate surface area is 119 Å². The van der Waals surface area contributed by atoms with Crippen LogP contribution in [0.2, 0.25) is 0 Å². The van der Waals surface area contributed by atoms with Crippen LogP contribution in [-0.4, -0.2) is 31.1 Å². The fourth-order valence-electron chi connectivity index (χ4n) is 2.16. The molecule has 0 aliphatic heterocycles. The number of hydrogen-bond acceptors (Lipinski definition) is 4. The Hall–Kier alpha value is -2.93. The number of aliphatic hydroxyl groups is 1. The van der Waals surface area contributed by atoms with Crippen LogP contribution in [0.5, 0.6) is 0 Å².